The van der Waals surface area contributed by atoms with Crippen LogP contribution in [-0.4, -0.2) is 49.9 Å². The van der Waals surface area contributed by atoms with E-state index in [0.717, 1.165) is 10.4 Å². The van der Waals surface area contributed by atoms with E-state index in [4.69, 9.17) is 0 Å². The molecule has 1 aliphatic heterocycles. The molecule has 20 heavy (non-hydrogen) atoms. The number of carbonyl (C=O) groups excluding carboxylic acids is 1. The standard InChI is InChI=1S/C12H14FNO4S2/c1-18-12(15)10-8-14(6-7-19-10)20(16,17)11-5-3-2-4-9(11)13/h2-5,10H,6-8H2,1H3/t10-/m1/s1. The van der Waals surface area contributed by atoms with E-state index in [1.54, 1.807) is 0 Å². The zero-order chi connectivity index (χ0) is 14.8. The highest BCUT2D eigenvalue weighted by atomic mass is 32.2. The number of esters is 1. The fourth-order valence-electron chi connectivity index (χ4n) is 1.91. The van der Waals surface area contributed by atoms with Crippen molar-refractivity contribution < 1.29 is 22.3 Å². The summed E-state index contributed by atoms with van der Waals surface area (Å²) in [6.45, 7) is 0.239. The number of halogens is 1. The van der Waals surface area contributed by atoms with Gasteiger partial charge in [0.1, 0.15) is 16.0 Å². The van der Waals surface area contributed by atoms with Crippen LogP contribution >= 0.6 is 11.8 Å². The molecule has 1 aromatic carbocycles. The van der Waals surface area contributed by atoms with Crippen LogP contribution in [0.5, 0.6) is 0 Å². The van der Waals surface area contributed by atoms with Crippen LogP contribution in [0.25, 0.3) is 0 Å². The van der Waals surface area contributed by atoms with Gasteiger partial charge in [-0.1, -0.05) is 12.1 Å². The molecule has 0 aromatic heterocycles. The molecule has 0 radical (unpaired) electrons. The fourth-order valence-corrected chi connectivity index (χ4v) is 4.77. The number of methoxy groups -OCH3 is 1. The molecular formula is C12H14FNO4S2. The normalized spacial score (nSPS) is 20.6. The second-order valence-electron chi connectivity index (χ2n) is 4.18. The van der Waals surface area contributed by atoms with Crippen molar-refractivity contribution in [2.45, 2.75) is 10.1 Å². The zero-order valence-corrected chi connectivity index (χ0v) is 12.4. The summed E-state index contributed by atoms with van der Waals surface area (Å²) in [6, 6.07) is 5.22. The molecule has 0 unspecified atom stereocenters. The van der Waals surface area contributed by atoms with Gasteiger partial charge in [-0.3, -0.25) is 4.79 Å². The van der Waals surface area contributed by atoms with Crippen molar-refractivity contribution in [3.63, 3.8) is 0 Å². The molecule has 0 spiro atoms. The van der Waals surface area contributed by atoms with Crippen LogP contribution in [0.4, 0.5) is 4.39 Å². The maximum atomic E-state index is 13.7. The Kier molecular flexibility index (Phi) is 4.66. The Bertz CT molecular complexity index is 605. The van der Waals surface area contributed by atoms with Gasteiger partial charge in [0, 0.05) is 18.8 Å². The molecular weight excluding hydrogens is 305 g/mol. The molecule has 1 aliphatic rings. The number of nitrogens with zero attached hydrogens (tertiary/aromatic N) is 1. The maximum Gasteiger partial charge on any atom is 0.320 e. The van der Waals surface area contributed by atoms with E-state index in [1.807, 2.05) is 0 Å². The number of hydrogen-bond donors (Lipinski definition) is 0. The first kappa shape index (κ1) is 15.3. The number of thioether (sulfide) groups is 1. The summed E-state index contributed by atoms with van der Waals surface area (Å²) in [6.07, 6.45) is 0. The van der Waals surface area contributed by atoms with E-state index in [1.165, 1.54) is 37.1 Å². The third-order valence-corrected chi connectivity index (χ3v) is 6.01. The van der Waals surface area contributed by atoms with Crippen molar-refractivity contribution in [1.29, 1.82) is 0 Å². The molecule has 1 heterocycles. The molecule has 8 heteroatoms. The van der Waals surface area contributed by atoms with Gasteiger partial charge in [0.25, 0.3) is 0 Å². The molecule has 0 aliphatic carbocycles. The molecule has 5 nitrogen and oxygen atoms in total. The van der Waals surface area contributed by atoms with Crippen LogP contribution in [0.15, 0.2) is 29.2 Å². The van der Waals surface area contributed by atoms with Crippen LogP contribution in [0.3, 0.4) is 0 Å². The molecule has 1 atom stereocenters. The average molecular weight is 319 g/mol. The lowest BCUT2D eigenvalue weighted by atomic mass is 10.3. The summed E-state index contributed by atoms with van der Waals surface area (Å²) in [5.74, 6) is -0.795. The Hall–Kier alpha value is -1.12. The van der Waals surface area contributed by atoms with E-state index < -0.39 is 27.1 Å². The van der Waals surface area contributed by atoms with Gasteiger partial charge >= 0.3 is 5.97 Å². The molecule has 1 aromatic rings. The highest BCUT2D eigenvalue weighted by Crippen LogP contribution is 2.26. The number of hydrogen-bond acceptors (Lipinski definition) is 5. The van der Waals surface area contributed by atoms with Gasteiger partial charge in [0.05, 0.1) is 7.11 Å². The van der Waals surface area contributed by atoms with Crippen molar-refractivity contribution in [3.05, 3.63) is 30.1 Å². The predicted octanol–water partition coefficient (Wildman–Crippen LogP) is 1.10. The lowest BCUT2D eigenvalue weighted by Crippen LogP contribution is -2.45. The number of carbonyl (C=O) groups is 1. The summed E-state index contributed by atoms with van der Waals surface area (Å²) in [5, 5.41) is -0.574. The van der Waals surface area contributed by atoms with Crippen LogP contribution in [-0.2, 0) is 19.6 Å². The minimum absolute atomic E-state index is 0.00594. The van der Waals surface area contributed by atoms with Crippen molar-refractivity contribution >= 4 is 27.8 Å². The first-order chi connectivity index (χ1) is 9.46. The van der Waals surface area contributed by atoms with Crippen molar-refractivity contribution in [3.8, 4) is 0 Å². The Labute approximate surface area is 121 Å². The van der Waals surface area contributed by atoms with E-state index in [-0.39, 0.29) is 18.0 Å². The molecule has 110 valence electrons. The second kappa shape index (κ2) is 6.11. The Morgan fingerprint density at radius 2 is 2.15 bits per heavy atom. The summed E-state index contributed by atoms with van der Waals surface area (Å²) in [4.78, 5) is 11.1. The first-order valence-electron chi connectivity index (χ1n) is 5.91. The van der Waals surface area contributed by atoms with Gasteiger partial charge in [-0.25, -0.2) is 12.8 Å². The minimum atomic E-state index is -3.93. The molecule has 1 fully saturated rings. The monoisotopic (exact) mass is 319 g/mol. The van der Waals surface area contributed by atoms with Crippen molar-refractivity contribution in [2.24, 2.45) is 0 Å². The van der Waals surface area contributed by atoms with Crippen LogP contribution in [0.1, 0.15) is 0 Å². The lowest BCUT2D eigenvalue weighted by molar-refractivity contribution is -0.140. The summed E-state index contributed by atoms with van der Waals surface area (Å²) in [7, 11) is -2.67. The maximum absolute atomic E-state index is 13.7. The van der Waals surface area contributed by atoms with Gasteiger partial charge in [-0.2, -0.15) is 4.31 Å². The number of sulfonamides is 1. The smallest absolute Gasteiger partial charge is 0.320 e. The second-order valence-corrected chi connectivity index (χ2v) is 7.39. The van der Waals surface area contributed by atoms with Gasteiger partial charge in [-0.15, -0.1) is 11.8 Å². The highest BCUT2D eigenvalue weighted by Gasteiger charge is 2.35. The molecule has 0 N–H and O–H groups in total. The largest absolute Gasteiger partial charge is 0.468 e. The quantitative estimate of drug-likeness (QED) is 0.781. The fraction of sp³-hybridized carbons (Fsp3) is 0.417. The molecule has 2 rings (SSSR count). The van der Waals surface area contributed by atoms with E-state index >= 15 is 0 Å². The molecule has 1 saturated heterocycles. The van der Waals surface area contributed by atoms with Gasteiger partial charge in [0.15, 0.2) is 0 Å². The Balaban J connectivity index is 2.26. The van der Waals surface area contributed by atoms with E-state index in [2.05, 4.69) is 4.74 Å². The van der Waals surface area contributed by atoms with E-state index in [9.17, 15) is 17.6 Å². The van der Waals surface area contributed by atoms with Crippen molar-refractivity contribution in [1.82, 2.24) is 4.31 Å². The zero-order valence-electron chi connectivity index (χ0n) is 10.8. The number of ether oxygens (including phenoxy) is 1. The molecule has 0 bridgehead atoms. The van der Waals surface area contributed by atoms with Crippen molar-refractivity contribution in [2.75, 3.05) is 26.0 Å². The Morgan fingerprint density at radius 3 is 2.80 bits per heavy atom. The summed E-state index contributed by atoms with van der Waals surface area (Å²) < 4.78 is 44.2. The van der Waals surface area contributed by atoms with Crippen LogP contribution in [0.2, 0.25) is 0 Å². The summed E-state index contributed by atoms with van der Waals surface area (Å²) in [5.41, 5.74) is 0. The van der Waals surface area contributed by atoms with Crippen LogP contribution < -0.4 is 0 Å². The SMILES string of the molecule is COC(=O)[C@H]1CN(S(=O)(=O)c2ccccc2F)CCS1. The minimum Gasteiger partial charge on any atom is -0.468 e. The third-order valence-electron chi connectivity index (χ3n) is 2.95. The highest BCUT2D eigenvalue weighted by molar-refractivity contribution is 8.00. The molecule has 0 saturated carbocycles. The van der Waals surface area contributed by atoms with Gasteiger partial charge in [0.2, 0.25) is 10.0 Å². The number of rotatable bonds is 3. The topological polar surface area (TPSA) is 63.7 Å². The van der Waals surface area contributed by atoms with Crippen LogP contribution in [0, 0.1) is 5.82 Å². The lowest BCUT2D eigenvalue weighted by Gasteiger charge is -2.30. The number of benzene rings is 1. The summed E-state index contributed by atoms with van der Waals surface area (Å²) >= 11 is 1.34. The van der Waals surface area contributed by atoms with Gasteiger partial charge in [-0.05, 0) is 12.1 Å². The van der Waals surface area contributed by atoms with E-state index in [0.29, 0.717) is 5.75 Å². The third kappa shape index (κ3) is 2.97. The average Bonchev–Trinajstić information content (AvgIpc) is 2.47. The first-order valence-corrected chi connectivity index (χ1v) is 8.40. The molecule has 0 amide bonds. The van der Waals surface area contributed by atoms with Gasteiger partial charge < -0.3 is 4.74 Å². The predicted molar refractivity (Wildman–Crippen MR) is 73.4 cm³/mol. The Morgan fingerprint density at radius 1 is 1.45 bits per heavy atom.